The predicted molar refractivity (Wildman–Crippen MR) is 72.2 cm³/mol. The van der Waals surface area contributed by atoms with E-state index in [1.165, 1.54) is 57.8 Å². The van der Waals surface area contributed by atoms with E-state index in [4.69, 9.17) is 4.74 Å². The van der Waals surface area contributed by atoms with Crippen molar-refractivity contribution in [2.45, 2.75) is 76.9 Å². The molecule has 2 rings (SSSR count). The smallest absolute Gasteiger partial charge is 0.0594 e. The summed E-state index contributed by atoms with van der Waals surface area (Å²) in [6.07, 6.45) is 13.1. The zero-order valence-electron chi connectivity index (χ0n) is 11.4. The van der Waals surface area contributed by atoms with Crippen LogP contribution in [-0.2, 0) is 4.74 Å². The van der Waals surface area contributed by atoms with E-state index in [1.54, 1.807) is 0 Å². The number of hydrogen-bond acceptors (Lipinski definition) is 2. The molecule has 1 unspecified atom stereocenters. The van der Waals surface area contributed by atoms with Gasteiger partial charge in [0.2, 0.25) is 0 Å². The molecule has 2 heteroatoms. The molecule has 0 aliphatic heterocycles. The van der Waals surface area contributed by atoms with Crippen LogP contribution in [-0.4, -0.2) is 25.3 Å². The van der Waals surface area contributed by atoms with E-state index in [0.29, 0.717) is 12.1 Å². The highest BCUT2D eigenvalue weighted by Gasteiger charge is 2.19. The van der Waals surface area contributed by atoms with Gasteiger partial charge in [0.05, 0.1) is 12.7 Å². The minimum absolute atomic E-state index is 0.571. The Hall–Kier alpha value is -0.0800. The lowest BCUT2D eigenvalue weighted by atomic mass is 9.84. The third-order valence-electron chi connectivity index (χ3n) is 4.58. The zero-order chi connectivity index (χ0) is 11.9. The van der Waals surface area contributed by atoms with Crippen molar-refractivity contribution in [2.75, 3.05) is 13.2 Å². The molecular formula is C15H29NO. The van der Waals surface area contributed by atoms with Gasteiger partial charge in [0.1, 0.15) is 0 Å². The summed E-state index contributed by atoms with van der Waals surface area (Å²) in [4.78, 5) is 0. The topological polar surface area (TPSA) is 21.3 Å². The second-order valence-corrected chi connectivity index (χ2v) is 5.92. The molecule has 100 valence electrons. The van der Waals surface area contributed by atoms with Crippen LogP contribution >= 0.6 is 0 Å². The number of nitrogens with one attached hydrogen (secondary N) is 1. The van der Waals surface area contributed by atoms with Gasteiger partial charge in [-0.2, -0.15) is 0 Å². The highest BCUT2D eigenvalue weighted by Crippen LogP contribution is 2.26. The van der Waals surface area contributed by atoms with Crippen LogP contribution in [0.1, 0.15) is 64.7 Å². The Morgan fingerprint density at radius 1 is 1.00 bits per heavy atom. The zero-order valence-corrected chi connectivity index (χ0v) is 11.4. The van der Waals surface area contributed by atoms with Crippen LogP contribution in [0.2, 0.25) is 0 Å². The van der Waals surface area contributed by atoms with Crippen molar-refractivity contribution in [1.82, 2.24) is 5.32 Å². The lowest BCUT2D eigenvalue weighted by Crippen LogP contribution is -2.37. The van der Waals surface area contributed by atoms with Crippen molar-refractivity contribution >= 4 is 0 Å². The maximum absolute atomic E-state index is 5.88. The van der Waals surface area contributed by atoms with Gasteiger partial charge < -0.3 is 10.1 Å². The van der Waals surface area contributed by atoms with E-state index in [1.807, 2.05) is 0 Å². The molecule has 0 saturated heterocycles. The van der Waals surface area contributed by atoms with Gasteiger partial charge in [-0.3, -0.25) is 0 Å². The molecule has 0 amide bonds. The molecule has 0 aromatic heterocycles. The molecule has 0 aromatic rings. The highest BCUT2D eigenvalue weighted by molar-refractivity contribution is 4.75. The Morgan fingerprint density at radius 2 is 1.65 bits per heavy atom. The van der Waals surface area contributed by atoms with Crippen LogP contribution in [0.3, 0.4) is 0 Å². The van der Waals surface area contributed by atoms with Crippen molar-refractivity contribution < 1.29 is 4.74 Å². The lowest BCUT2D eigenvalue weighted by Gasteiger charge is -2.28. The Labute approximate surface area is 107 Å². The molecule has 0 heterocycles. The summed E-state index contributed by atoms with van der Waals surface area (Å²) >= 11 is 0. The molecule has 2 fully saturated rings. The van der Waals surface area contributed by atoms with E-state index >= 15 is 0 Å². The minimum Gasteiger partial charge on any atom is -0.377 e. The van der Waals surface area contributed by atoms with Crippen molar-refractivity contribution in [1.29, 1.82) is 0 Å². The van der Waals surface area contributed by atoms with Gasteiger partial charge in [0, 0.05) is 12.6 Å². The van der Waals surface area contributed by atoms with Crippen molar-refractivity contribution in [3.05, 3.63) is 0 Å². The first kappa shape index (κ1) is 13.4. The quantitative estimate of drug-likeness (QED) is 0.716. The number of hydrogen-bond donors (Lipinski definition) is 1. The molecule has 17 heavy (non-hydrogen) atoms. The Kier molecular flexibility index (Phi) is 5.79. The van der Waals surface area contributed by atoms with Crippen LogP contribution in [0.15, 0.2) is 0 Å². The fourth-order valence-electron chi connectivity index (χ4n) is 3.37. The molecule has 1 atom stereocenters. The van der Waals surface area contributed by atoms with Gasteiger partial charge in [0.25, 0.3) is 0 Å². The SMILES string of the molecule is CC(NCCOC1CCCC1)C1CCCCC1. The third kappa shape index (κ3) is 4.59. The van der Waals surface area contributed by atoms with Gasteiger partial charge in [-0.25, -0.2) is 0 Å². The van der Waals surface area contributed by atoms with Crippen LogP contribution in [0.4, 0.5) is 0 Å². The maximum atomic E-state index is 5.88. The monoisotopic (exact) mass is 239 g/mol. The van der Waals surface area contributed by atoms with Gasteiger partial charge in [-0.1, -0.05) is 32.1 Å². The van der Waals surface area contributed by atoms with Crippen LogP contribution < -0.4 is 5.32 Å². The summed E-state index contributed by atoms with van der Waals surface area (Å²) in [6.45, 7) is 4.29. The fraction of sp³-hybridized carbons (Fsp3) is 1.00. The van der Waals surface area contributed by atoms with Gasteiger partial charge >= 0.3 is 0 Å². The Morgan fingerprint density at radius 3 is 2.35 bits per heavy atom. The van der Waals surface area contributed by atoms with Gasteiger partial charge in [-0.05, 0) is 38.5 Å². The van der Waals surface area contributed by atoms with Gasteiger partial charge in [0.15, 0.2) is 0 Å². The summed E-state index contributed by atoms with van der Waals surface area (Å²) in [5.41, 5.74) is 0. The van der Waals surface area contributed by atoms with E-state index in [-0.39, 0.29) is 0 Å². The highest BCUT2D eigenvalue weighted by atomic mass is 16.5. The van der Waals surface area contributed by atoms with Gasteiger partial charge in [-0.15, -0.1) is 0 Å². The van der Waals surface area contributed by atoms with Crippen LogP contribution in [0, 0.1) is 5.92 Å². The van der Waals surface area contributed by atoms with Crippen molar-refractivity contribution in [2.24, 2.45) is 5.92 Å². The molecule has 2 aliphatic carbocycles. The molecule has 2 saturated carbocycles. The first-order chi connectivity index (χ1) is 8.36. The summed E-state index contributed by atoms with van der Waals surface area (Å²) in [5, 5.41) is 3.65. The third-order valence-corrected chi connectivity index (χ3v) is 4.58. The summed E-state index contributed by atoms with van der Waals surface area (Å²) in [6, 6.07) is 0.683. The minimum atomic E-state index is 0.571. The predicted octanol–water partition coefficient (Wildman–Crippen LogP) is 3.50. The molecular weight excluding hydrogens is 210 g/mol. The molecule has 0 radical (unpaired) electrons. The molecule has 0 aromatic carbocycles. The second kappa shape index (κ2) is 7.38. The average Bonchev–Trinajstić information content (AvgIpc) is 2.88. The summed E-state index contributed by atoms with van der Waals surface area (Å²) in [7, 11) is 0. The van der Waals surface area contributed by atoms with E-state index < -0.39 is 0 Å². The van der Waals surface area contributed by atoms with E-state index in [9.17, 15) is 0 Å². The molecule has 1 N–H and O–H groups in total. The number of rotatable bonds is 6. The van der Waals surface area contributed by atoms with Crippen molar-refractivity contribution in [3.8, 4) is 0 Å². The summed E-state index contributed by atoms with van der Waals surface area (Å²) < 4.78 is 5.88. The normalized spacial score (nSPS) is 25.2. The average molecular weight is 239 g/mol. The maximum Gasteiger partial charge on any atom is 0.0594 e. The van der Waals surface area contributed by atoms with E-state index in [0.717, 1.165) is 19.1 Å². The molecule has 0 spiro atoms. The first-order valence-corrected chi connectivity index (χ1v) is 7.71. The van der Waals surface area contributed by atoms with Crippen LogP contribution in [0.25, 0.3) is 0 Å². The second-order valence-electron chi connectivity index (χ2n) is 5.92. The molecule has 0 bridgehead atoms. The largest absolute Gasteiger partial charge is 0.377 e. The van der Waals surface area contributed by atoms with Crippen LogP contribution in [0.5, 0.6) is 0 Å². The van der Waals surface area contributed by atoms with Crippen molar-refractivity contribution in [3.63, 3.8) is 0 Å². The number of ether oxygens (including phenoxy) is 1. The fourth-order valence-corrected chi connectivity index (χ4v) is 3.37. The molecule has 2 nitrogen and oxygen atoms in total. The Bertz CT molecular complexity index is 195. The lowest BCUT2D eigenvalue weighted by molar-refractivity contribution is 0.0579. The standard InChI is InChI=1S/C15H29NO/c1-13(14-7-3-2-4-8-14)16-11-12-17-15-9-5-6-10-15/h13-16H,2-12H2,1H3. The first-order valence-electron chi connectivity index (χ1n) is 7.71. The molecule has 2 aliphatic rings. The Balaban J connectivity index is 1.51. The summed E-state index contributed by atoms with van der Waals surface area (Å²) in [5.74, 6) is 0.912. The van der Waals surface area contributed by atoms with E-state index in [2.05, 4.69) is 12.2 Å².